The molecule has 0 aromatic heterocycles. The van der Waals surface area contributed by atoms with Gasteiger partial charge in [-0.2, -0.15) is 4.31 Å². The predicted molar refractivity (Wildman–Crippen MR) is 111 cm³/mol. The number of amides is 1. The number of fused-ring (bicyclic) bond motifs is 1. The Hall–Kier alpha value is -2.09. The SMILES string of the molecule is O=C(COc1ccc(Cl)cc1S(=O)(=O)N1CCCC1)N1CCc2ccccc2C1. The molecule has 0 unspecified atom stereocenters. The van der Waals surface area contributed by atoms with Crippen molar-refractivity contribution in [2.75, 3.05) is 26.2 Å². The second-order valence-corrected chi connectivity index (χ2v) is 9.67. The number of rotatable bonds is 5. The lowest BCUT2D eigenvalue weighted by Gasteiger charge is -2.29. The quantitative estimate of drug-likeness (QED) is 0.725. The third-order valence-corrected chi connectivity index (χ3v) is 7.58. The van der Waals surface area contributed by atoms with Crippen molar-refractivity contribution in [3.8, 4) is 5.75 Å². The topological polar surface area (TPSA) is 66.9 Å². The predicted octanol–water partition coefficient (Wildman–Crippen LogP) is 3.09. The van der Waals surface area contributed by atoms with E-state index < -0.39 is 10.0 Å². The number of nitrogens with zero attached hydrogens (tertiary/aromatic N) is 2. The fourth-order valence-electron chi connectivity index (χ4n) is 3.81. The summed E-state index contributed by atoms with van der Waals surface area (Å²) >= 11 is 6.05. The van der Waals surface area contributed by atoms with Gasteiger partial charge in [0.15, 0.2) is 6.61 Å². The minimum Gasteiger partial charge on any atom is -0.482 e. The molecule has 6 nitrogen and oxygen atoms in total. The minimum absolute atomic E-state index is 0.0173. The molecule has 0 saturated carbocycles. The van der Waals surface area contributed by atoms with Crippen LogP contribution in [-0.2, 0) is 27.8 Å². The van der Waals surface area contributed by atoms with Crippen LogP contribution in [0.5, 0.6) is 5.75 Å². The number of benzene rings is 2. The van der Waals surface area contributed by atoms with Gasteiger partial charge in [0.1, 0.15) is 10.6 Å². The molecule has 0 atom stereocenters. The Morgan fingerprint density at radius 1 is 1.03 bits per heavy atom. The van der Waals surface area contributed by atoms with Crippen LogP contribution in [-0.4, -0.2) is 49.8 Å². The third-order valence-electron chi connectivity index (χ3n) is 5.42. The molecular formula is C21H23ClN2O4S. The molecule has 0 spiro atoms. The number of ether oxygens (including phenoxy) is 1. The van der Waals surface area contributed by atoms with E-state index in [0.717, 1.165) is 24.8 Å². The van der Waals surface area contributed by atoms with E-state index in [-0.39, 0.29) is 23.2 Å². The molecular weight excluding hydrogens is 412 g/mol. The van der Waals surface area contributed by atoms with Crippen LogP contribution < -0.4 is 4.74 Å². The smallest absolute Gasteiger partial charge is 0.260 e. The Morgan fingerprint density at radius 2 is 1.76 bits per heavy atom. The molecule has 8 heteroatoms. The highest BCUT2D eigenvalue weighted by Crippen LogP contribution is 2.31. The Labute approximate surface area is 176 Å². The van der Waals surface area contributed by atoms with Crippen molar-refractivity contribution in [1.82, 2.24) is 9.21 Å². The van der Waals surface area contributed by atoms with Gasteiger partial charge in [0.2, 0.25) is 10.0 Å². The van der Waals surface area contributed by atoms with Gasteiger partial charge in [-0.25, -0.2) is 8.42 Å². The zero-order valence-electron chi connectivity index (χ0n) is 16.0. The molecule has 2 aromatic carbocycles. The first-order chi connectivity index (χ1) is 13.9. The van der Waals surface area contributed by atoms with Gasteiger partial charge in [0.25, 0.3) is 5.91 Å². The van der Waals surface area contributed by atoms with Gasteiger partial charge in [0.05, 0.1) is 0 Å². The fourth-order valence-corrected chi connectivity index (χ4v) is 5.72. The van der Waals surface area contributed by atoms with E-state index in [1.165, 1.54) is 22.0 Å². The van der Waals surface area contributed by atoms with Gasteiger partial charge in [0, 0.05) is 31.2 Å². The summed E-state index contributed by atoms with van der Waals surface area (Å²) in [6.45, 7) is 1.92. The molecule has 154 valence electrons. The average molecular weight is 435 g/mol. The summed E-state index contributed by atoms with van der Waals surface area (Å²) in [5, 5.41) is 0.314. The van der Waals surface area contributed by atoms with Gasteiger partial charge in [-0.1, -0.05) is 35.9 Å². The molecule has 2 heterocycles. The number of carbonyl (C=O) groups excluding carboxylic acids is 1. The van der Waals surface area contributed by atoms with Crippen molar-refractivity contribution in [1.29, 1.82) is 0 Å². The Kier molecular flexibility index (Phi) is 5.81. The number of hydrogen-bond acceptors (Lipinski definition) is 4. The highest BCUT2D eigenvalue weighted by Gasteiger charge is 2.31. The standard InChI is InChI=1S/C21H23ClN2O4S/c22-18-7-8-19(20(13-18)29(26,27)24-10-3-4-11-24)28-15-21(25)23-12-9-16-5-1-2-6-17(16)14-23/h1-2,5-8,13H,3-4,9-12,14-15H2. The molecule has 2 aliphatic rings. The number of halogens is 1. The van der Waals surface area contributed by atoms with Gasteiger partial charge in [-0.3, -0.25) is 4.79 Å². The Morgan fingerprint density at radius 3 is 2.52 bits per heavy atom. The molecule has 2 aromatic rings. The highest BCUT2D eigenvalue weighted by molar-refractivity contribution is 7.89. The first-order valence-electron chi connectivity index (χ1n) is 9.72. The van der Waals surface area contributed by atoms with Gasteiger partial charge >= 0.3 is 0 Å². The van der Waals surface area contributed by atoms with Crippen LogP contribution in [0.4, 0.5) is 0 Å². The first kappa shape index (κ1) is 20.2. The van der Waals surface area contributed by atoms with Crippen molar-refractivity contribution < 1.29 is 17.9 Å². The second-order valence-electron chi connectivity index (χ2n) is 7.32. The second kappa shape index (κ2) is 8.34. The maximum Gasteiger partial charge on any atom is 0.260 e. The highest BCUT2D eigenvalue weighted by atomic mass is 35.5. The normalized spacial score (nSPS) is 17.2. The molecule has 1 amide bonds. The van der Waals surface area contributed by atoms with E-state index in [0.29, 0.717) is 31.2 Å². The van der Waals surface area contributed by atoms with E-state index >= 15 is 0 Å². The number of hydrogen-bond donors (Lipinski definition) is 0. The van der Waals surface area contributed by atoms with E-state index in [4.69, 9.17) is 16.3 Å². The lowest BCUT2D eigenvalue weighted by molar-refractivity contribution is -0.134. The molecule has 0 aliphatic carbocycles. The molecule has 4 rings (SSSR count). The number of sulfonamides is 1. The average Bonchev–Trinajstić information content (AvgIpc) is 3.28. The number of carbonyl (C=O) groups is 1. The van der Waals surface area contributed by atoms with Gasteiger partial charge in [-0.15, -0.1) is 0 Å². The van der Waals surface area contributed by atoms with Crippen LogP contribution in [0.3, 0.4) is 0 Å². The molecule has 2 aliphatic heterocycles. The molecule has 0 N–H and O–H groups in total. The van der Waals surface area contributed by atoms with Crippen LogP contribution in [0.2, 0.25) is 5.02 Å². The molecule has 1 saturated heterocycles. The van der Waals surface area contributed by atoms with Gasteiger partial charge in [-0.05, 0) is 48.6 Å². The summed E-state index contributed by atoms with van der Waals surface area (Å²) in [6.07, 6.45) is 2.48. The Bertz CT molecular complexity index is 1020. The summed E-state index contributed by atoms with van der Waals surface area (Å²) in [4.78, 5) is 14.4. The summed E-state index contributed by atoms with van der Waals surface area (Å²) < 4.78 is 33.1. The lowest BCUT2D eigenvalue weighted by atomic mass is 10.00. The van der Waals surface area contributed by atoms with Crippen molar-refractivity contribution in [2.45, 2.75) is 30.7 Å². The summed E-state index contributed by atoms with van der Waals surface area (Å²) in [6, 6.07) is 12.6. The maximum atomic E-state index is 13.0. The molecule has 1 fully saturated rings. The molecule has 0 bridgehead atoms. The Balaban J connectivity index is 1.48. The zero-order chi connectivity index (χ0) is 20.4. The van der Waals surface area contributed by atoms with Crippen molar-refractivity contribution in [3.05, 3.63) is 58.6 Å². The van der Waals surface area contributed by atoms with E-state index in [1.807, 2.05) is 18.2 Å². The minimum atomic E-state index is -3.71. The van der Waals surface area contributed by atoms with Crippen molar-refractivity contribution in [2.24, 2.45) is 0 Å². The largest absolute Gasteiger partial charge is 0.482 e. The summed E-state index contributed by atoms with van der Waals surface area (Å²) in [5.74, 6) is -0.00830. The van der Waals surface area contributed by atoms with E-state index in [2.05, 4.69) is 6.07 Å². The zero-order valence-corrected chi connectivity index (χ0v) is 17.6. The summed E-state index contributed by atoms with van der Waals surface area (Å²) in [7, 11) is -3.71. The van der Waals surface area contributed by atoms with Crippen molar-refractivity contribution >= 4 is 27.5 Å². The maximum absolute atomic E-state index is 13.0. The van der Waals surface area contributed by atoms with E-state index in [1.54, 1.807) is 11.0 Å². The molecule has 29 heavy (non-hydrogen) atoms. The van der Waals surface area contributed by atoms with Crippen molar-refractivity contribution in [3.63, 3.8) is 0 Å². The summed E-state index contributed by atoms with van der Waals surface area (Å²) in [5.41, 5.74) is 2.39. The van der Waals surface area contributed by atoms with Crippen LogP contribution in [0.1, 0.15) is 24.0 Å². The monoisotopic (exact) mass is 434 g/mol. The van der Waals surface area contributed by atoms with Crippen LogP contribution in [0.15, 0.2) is 47.4 Å². The van der Waals surface area contributed by atoms with Crippen LogP contribution in [0.25, 0.3) is 0 Å². The van der Waals surface area contributed by atoms with Crippen LogP contribution in [0, 0.1) is 0 Å². The first-order valence-corrected chi connectivity index (χ1v) is 11.5. The lowest BCUT2D eigenvalue weighted by Crippen LogP contribution is -2.39. The van der Waals surface area contributed by atoms with E-state index in [9.17, 15) is 13.2 Å². The third kappa shape index (κ3) is 4.27. The fraction of sp³-hybridized carbons (Fsp3) is 0.381. The van der Waals surface area contributed by atoms with Gasteiger partial charge < -0.3 is 9.64 Å². The molecule has 0 radical (unpaired) electrons. The van der Waals surface area contributed by atoms with Crippen LogP contribution >= 0.6 is 11.6 Å².